The van der Waals surface area contributed by atoms with Gasteiger partial charge in [0.15, 0.2) is 32.3 Å². The van der Waals surface area contributed by atoms with Gasteiger partial charge < -0.3 is 44.3 Å². The van der Waals surface area contributed by atoms with Crippen molar-refractivity contribution in [3.8, 4) is 0 Å². The largest absolute Gasteiger partial charge is 0.414 e. The fourth-order valence-electron chi connectivity index (χ4n) is 7.03. The van der Waals surface area contributed by atoms with E-state index in [1.807, 2.05) is 27.7 Å². The Morgan fingerprint density at radius 1 is 0.900 bits per heavy atom. The number of nitrogen functional groups attached to an aromatic ring is 2. The molecular weight excluding hydrogens is 685 g/mol. The second-order valence-corrected chi connectivity index (χ2v) is 21.5. The Balaban J connectivity index is 1.21. The molecule has 50 heavy (non-hydrogen) atoms. The van der Waals surface area contributed by atoms with Gasteiger partial charge in [-0.1, -0.05) is 27.7 Å². The van der Waals surface area contributed by atoms with Crippen molar-refractivity contribution >= 4 is 31.7 Å². The van der Waals surface area contributed by atoms with Gasteiger partial charge in [-0.05, 0) is 57.8 Å². The number of ether oxygens (including phenoxy) is 6. The van der Waals surface area contributed by atoms with Gasteiger partial charge in [-0.25, -0.2) is 9.59 Å². The Morgan fingerprint density at radius 2 is 1.46 bits per heavy atom. The fourth-order valence-corrected chi connectivity index (χ4v) is 10.4. The van der Waals surface area contributed by atoms with Gasteiger partial charge >= 0.3 is 11.4 Å². The highest BCUT2D eigenvalue weighted by Gasteiger charge is 2.58. The van der Waals surface area contributed by atoms with Crippen molar-refractivity contribution in [2.24, 2.45) is 5.92 Å². The molecule has 15 nitrogen and oxygen atoms in total. The minimum atomic E-state index is -2.19. The lowest BCUT2D eigenvalue weighted by molar-refractivity contribution is -0.200. The van der Waals surface area contributed by atoms with Crippen LogP contribution in [0.5, 0.6) is 0 Å². The van der Waals surface area contributed by atoms with Crippen molar-refractivity contribution in [1.29, 1.82) is 0 Å². The summed E-state index contributed by atoms with van der Waals surface area (Å²) in [6, 6.07) is 3.22. The molecule has 6 rings (SSSR count). The van der Waals surface area contributed by atoms with Gasteiger partial charge in [0.1, 0.15) is 42.2 Å². The van der Waals surface area contributed by atoms with Gasteiger partial charge in [-0.3, -0.25) is 9.13 Å². The molecule has 4 aliphatic heterocycles. The standard InChI is InChI=1S/C33H52N6O9SSi/c1-17(2)31(3,4)50(9,10)42-14-19-23-26(48-32(5,6)45-23)28(43-19)39-18(13-22(35)37-30(39)41)15-49-16-20-24-25(47-33(7,8)46-24)27(44-20)38-12-11-21(34)36-29(38)40/h11-13,17,19-20,23-28H,14-16H2,1-10H3,(H2,34,36,40)(H2,35,37,41)/t19-,20-,23-,24-,25-,26-,27-,28-/m1/s1. The van der Waals surface area contributed by atoms with E-state index >= 15 is 0 Å². The average Bonchev–Trinajstić information content (AvgIpc) is 3.68. The zero-order valence-electron chi connectivity index (χ0n) is 30.6. The zero-order valence-corrected chi connectivity index (χ0v) is 32.4. The molecule has 0 saturated carbocycles. The molecule has 2 aromatic heterocycles. The summed E-state index contributed by atoms with van der Waals surface area (Å²) in [4.78, 5) is 34.2. The molecule has 0 spiro atoms. The third kappa shape index (κ3) is 7.04. The monoisotopic (exact) mass is 736 g/mol. The molecule has 2 aromatic rings. The lowest BCUT2D eigenvalue weighted by Crippen LogP contribution is -2.47. The van der Waals surface area contributed by atoms with E-state index in [2.05, 4.69) is 50.8 Å². The average molecular weight is 737 g/mol. The molecule has 17 heteroatoms. The number of nitrogens with two attached hydrogens (primary N) is 2. The van der Waals surface area contributed by atoms with Crippen LogP contribution in [0.3, 0.4) is 0 Å². The minimum absolute atomic E-state index is 0.00927. The highest BCUT2D eigenvalue weighted by Crippen LogP contribution is 2.47. The van der Waals surface area contributed by atoms with Crippen LogP contribution >= 0.6 is 11.8 Å². The first-order chi connectivity index (χ1) is 23.2. The number of fused-ring (bicyclic) bond motifs is 2. The second kappa shape index (κ2) is 13.3. The predicted molar refractivity (Wildman–Crippen MR) is 190 cm³/mol. The van der Waals surface area contributed by atoms with Gasteiger partial charge in [0.25, 0.3) is 0 Å². The molecule has 4 N–H and O–H groups in total. The summed E-state index contributed by atoms with van der Waals surface area (Å²) in [5.74, 6) is -0.284. The molecule has 4 aliphatic rings. The van der Waals surface area contributed by atoms with Gasteiger partial charge in [0.05, 0.1) is 12.7 Å². The van der Waals surface area contributed by atoms with E-state index in [4.69, 9.17) is 44.3 Å². The van der Waals surface area contributed by atoms with Crippen LogP contribution in [-0.4, -0.2) is 88.0 Å². The summed E-state index contributed by atoms with van der Waals surface area (Å²) in [5.41, 5.74) is 11.4. The molecule has 4 fully saturated rings. The van der Waals surface area contributed by atoms with Gasteiger partial charge in [-0.2, -0.15) is 21.7 Å². The number of hydrogen-bond acceptors (Lipinski definition) is 14. The van der Waals surface area contributed by atoms with E-state index in [1.165, 1.54) is 27.0 Å². The van der Waals surface area contributed by atoms with Crippen LogP contribution in [-0.2, 0) is 38.6 Å². The highest BCUT2D eigenvalue weighted by atomic mass is 32.2. The van der Waals surface area contributed by atoms with E-state index in [0.29, 0.717) is 29.7 Å². The first-order valence-electron chi connectivity index (χ1n) is 17.2. The second-order valence-electron chi connectivity index (χ2n) is 15.8. The van der Waals surface area contributed by atoms with Crippen molar-refractivity contribution in [1.82, 2.24) is 19.1 Å². The summed E-state index contributed by atoms with van der Waals surface area (Å²) >= 11 is 1.52. The zero-order chi connectivity index (χ0) is 36.6. The van der Waals surface area contributed by atoms with Crippen molar-refractivity contribution in [2.75, 3.05) is 23.8 Å². The normalized spacial score (nSPS) is 31.7. The van der Waals surface area contributed by atoms with E-state index in [0.717, 1.165) is 0 Å². The van der Waals surface area contributed by atoms with Crippen LogP contribution < -0.4 is 22.8 Å². The molecule has 0 aromatic carbocycles. The molecular formula is C33H52N6O9SSi. The van der Waals surface area contributed by atoms with Crippen LogP contribution in [0.15, 0.2) is 27.9 Å². The molecule has 8 atom stereocenters. The molecule has 0 unspecified atom stereocenters. The maximum atomic E-state index is 13.6. The third-order valence-corrected chi connectivity index (χ3v) is 16.5. The molecule has 0 amide bonds. The van der Waals surface area contributed by atoms with Crippen LogP contribution in [0.4, 0.5) is 11.6 Å². The Morgan fingerprint density at radius 3 is 2.08 bits per heavy atom. The summed E-state index contributed by atoms with van der Waals surface area (Å²) in [6.07, 6.45) is -2.96. The molecule has 0 aliphatic carbocycles. The number of anilines is 2. The van der Waals surface area contributed by atoms with Crippen LogP contribution in [0.25, 0.3) is 0 Å². The van der Waals surface area contributed by atoms with Crippen molar-refractivity contribution in [3.05, 3.63) is 45.0 Å². The number of aromatic nitrogens is 4. The summed E-state index contributed by atoms with van der Waals surface area (Å²) in [6.45, 7) is 21.1. The highest BCUT2D eigenvalue weighted by molar-refractivity contribution is 7.98. The number of thioether (sulfide) groups is 1. The molecule has 4 saturated heterocycles. The Kier molecular flexibility index (Phi) is 9.91. The summed E-state index contributed by atoms with van der Waals surface area (Å²) in [5, 5.41) is 0.00927. The SMILES string of the molecule is CC(C)C(C)(C)[Si](C)(C)OC[C@H]1O[C@@H](n2c(CSC[C@H]3O[C@@H](n4ccc(N)nc4=O)[C@@H]4OC(C)(C)O[C@@H]43)cc(N)nc2=O)[C@@H]2OC(C)(C)O[C@@H]21. The van der Waals surface area contributed by atoms with E-state index in [9.17, 15) is 9.59 Å². The number of hydrogen-bond donors (Lipinski definition) is 2. The maximum absolute atomic E-state index is 13.6. The van der Waals surface area contributed by atoms with E-state index in [-0.39, 0.29) is 16.7 Å². The van der Waals surface area contributed by atoms with Crippen molar-refractivity contribution in [2.45, 2.75) is 140 Å². The fraction of sp³-hybridized carbons (Fsp3) is 0.758. The Hall–Kier alpha value is -2.35. The van der Waals surface area contributed by atoms with Gasteiger partial charge in [0.2, 0.25) is 0 Å². The molecule has 0 bridgehead atoms. The van der Waals surface area contributed by atoms with E-state index < -0.39 is 80.4 Å². The number of nitrogens with zero attached hydrogens (tertiary/aromatic N) is 4. The first kappa shape index (κ1) is 37.4. The predicted octanol–water partition coefficient (Wildman–Crippen LogP) is 3.39. The maximum Gasteiger partial charge on any atom is 0.351 e. The summed E-state index contributed by atoms with van der Waals surface area (Å²) < 4.78 is 47.7. The topological polar surface area (TPSA) is 186 Å². The quantitative estimate of drug-likeness (QED) is 0.320. The smallest absolute Gasteiger partial charge is 0.351 e. The Bertz CT molecular complexity index is 1700. The molecule has 0 radical (unpaired) electrons. The van der Waals surface area contributed by atoms with Gasteiger partial charge in [-0.15, -0.1) is 0 Å². The minimum Gasteiger partial charge on any atom is -0.414 e. The van der Waals surface area contributed by atoms with Crippen LogP contribution in [0.2, 0.25) is 18.1 Å². The van der Waals surface area contributed by atoms with Crippen molar-refractivity contribution < 1.29 is 32.8 Å². The lowest BCUT2D eigenvalue weighted by atomic mass is 9.99. The Labute approximate surface area is 297 Å². The van der Waals surface area contributed by atoms with Crippen molar-refractivity contribution in [3.63, 3.8) is 0 Å². The summed E-state index contributed by atoms with van der Waals surface area (Å²) in [7, 11) is -2.19. The third-order valence-electron chi connectivity index (χ3n) is 10.8. The number of rotatable bonds is 11. The van der Waals surface area contributed by atoms with Gasteiger partial charge in [0, 0.05) is 29.5 Å². The van der Waals surface area contributed by atoms with Crippen LogP contribution in [0.1, 0.15) is 73.5 Å². The molecule has 6 heterocycles. The molecule has 278 valence electrons. The van der Waals surface area contributed by atoms with Crippen LogP contribution in [0, 0.1) is 5.92 Å². The lowest BCUT2D eigenvalue weighted by Gasteiger charge is -2.43. The first-order valence-corrected chi connectivity index (χ1v) is 21.2. The van der Waals surface area contributed by atoms with E-state index in [1.54, 1.807) is 12.3 Å².